The van der Waals surface area contributed by atoms with Gasteiger partial charge in [0, 0.05) is 24.2 Å². The number of amides is 1. The van der Waals surface area contributed by atoms with Crippen molar-refractivity contribution in [2.45, 2.75) is 62.7 Å². The fourth-order valence-corrected chi connectivity index (χ4v) is 4.02. The number of rotatable bonds is 5. The number of hydrazone groups is 1. The first-order chi connectivity index (χ1) is 14.7. The quantitative estimate of drug-likeness (QED) is 0.550. The van der Waals surface area contributed by atoms with Crippen molar-refractivity contribution in [2.24, 2.45) is 15.8 Å². The predicted octanol–water partition coefficient (Wildman–Crippen LogP) is 0.320. The minimum atomic E-state index is -0.505. The molecular formula is C20H27N9O. The summed E-state index contributed by atoms with van der Waals surface area (Å²) in [7, 11) is 0. The van der Waals surface area contributed by atoms with Gasteiger partial charge in [0.1, 0.15) is 5.84 Å². The largest absolute Gasteiger partial charge is 0.379 e. The highest BCUT2D eigenvalue weighted by atomic mass is 16.2. The zero-order valence-corrected chi connectivity index (χ0v) is 16.8. The van der Waals surface area contributed by atoms with Gasteiger partial charge in [-0.25, -0.2) is 5.01 Å². The number of nitrogens with two attached hydrogens (primary N) is 1. The van der Waals surface area contributed by atoms with Crippen LogP contribution in [0.25, 0.3) is 0 Å². The summed E-state index contributed by atoms with van der Waals surface area (Å²) in [5, 5.41) is 24.0. The molecule has 3 heterocycles. The summed E-state index contributed by atoms with van der Waals surface area (Å²) in [6.45, 7) is 0.360. The van der Waals surface area contributed by atoms with Gasteiger partial charge >= 0.3 is 0 Å². The number of aliphatic imine (C=N–C) groups is 1. The first-order valence-corrected chi connectivity index (χ1v) is 10.7. The van der Waals surface area contributed by atoms with E-state index < -0.39 is 6.04 Å². The van der Waals surface area contributed by atoms with Crippen molar-refractivity contribution in [1.29, 1.82) is 0 Å². The molecule has 0 aromatic carbocycles. The number of nitrogens with one attached hydrogen (secondary N) is 3. The van der Waals surface area contributed by atoms with Crippen molar-refractivity contribution in [3.63, 3.8) is 0 Å². The molecule has 0 saturated heterocycles. The Balaban J connectivity index is 1.33. The second-order valence-corrected chi connectivity index (χ2v) is 8.36. The van der Waals surface area contributed by atoms with E-state index in [9.17, 15) is 4.79 Å². The lowest BCUT2D eigenvalue weighted by molar-refractivity contribution is -0.119. The number of nitrogens with zero attached hydrogens (tertiary/aromatic N) is 5. The molecular weight excluding hydrogens is 382 g/mol. The van der Waals surface area contributed by atoms with Gasteiger partial charge in [-0.3, -0.25) is 9.79 Å². The zero-order valence-electron chi connectivity index (χ0n) is 16.8. The molecule has 30 heavy (non-hydrogen) atoms. The molecule has 2 saturated carbocycles. The minimum absolute atomic E-state index is 0.166. The van der Waals surface area contributed by atoms with E-state index in [1.807, 2.05) is 6.08 Å². The number of anilines is 1. The van der Waals surface area contributed by atoms with Gasteiger partial charge in [-0.2, -0.15) is 15.3 Å². The number of carbonyl (C=O) groups excluding carboxylic acids is 1. The molecule has 1 aromatic heterocycles. The maximum absolute atomic E-state index is 12.9. The van der Waals surface area contributed by atoms with Crippen LogP contribution in [0.5, 0.6) is 0 Å². The average molecular weight is 409 g/mol. The fourth-order valence-electron chi connectivity index (χ4n) is 4.02. The number of hydrogen-bond donors (Lipinski definition) is 4. The van der Waals surface area contributed by atoms with E-state index >= 15 is 0 Å². The van der Waals surface area contributed by atoms with Crippen LogP contribution in [0.1, 0.15) is 38.5 Å². The Morgan fingerprint density at radius 2 is 1.83 bits per heavy atom. The van der Waals surface area contributed by atoms with E-state index in [1.165, 1.54) is 6.20 Å². The van der Waals surface area contributed by atoms with E-state index in [2.05, 4.69) is 31.1 Å². The maximum Gasteiger partial charge on any atom is 0.251 e. The lowest BCUT2D eigenvalue weighted by atomic mass is 9.92. The van der Waals surface area contributed by atoms with Gasteiger partial charge in [0.25, 0.3) is 5.91 Å². The highest BCUT2D eigenvalue weighted by molar-refractivity contribution is 6.11. The van der Waals surface area contributed by atoms with Crippen LogP contribution in [-0.4, -0.2) is 63.5 Å². The summed E-state index contributed by atoms with van der Waals surface area (Å²) in [4.78, 5) is 17.6. The summed E-state index contributed by atoms with van der Waals surface area (Å²) in [6, 6.07) is 2.32. The van der Waals surface area contributed by atoms with E-state index in [-0.39, 0.29) is 5.91 Å². The SMILES string of the molecule is N[C@H]1CC[C@H](NC2=NN3C(=NCC3C(=O)Nc3ccnnc3)C(NC3CC3)=C2)CC1. The summed E-state index contributed by atoms with van der Waals surface area (Å²) in [6.07, 6.45) is 11.5. The van der Waals surface area contributed by atoms with E-state index in [4.69, 9.17) is 10.8 Å². The van der Waals surface area contributed by atoms with Crippen LogP contribution in [0.3, 0.4) is 0 Å². The molecule has 5 N–H and O–H groups in total. The molecule has 158 valence electrons. The molecule has 10 heteroatoms. The van der Waals surface area contributed by atoms with Crippen molar-refractivity contribution in [1.82, 2.24) is 25.8 Å². The summed E-state index contributed by atoms with van der Waals surface area (Å²) in [5.74, 6) is 1.33. The number of carbonyl (C=O) groups is 1. The van der Waals surface area contributed by atoms with Crippen LogP contribution in [0, 0.1) is 0 Å². The topological polar surface area (TPSA) is 133 Å². The molecule has 0 bridgehead atoms. The highest BCUT2D eigenvalue weighted by Gasteiger charge is 2.39. The predicted molar refractivity (Wildman–Crippen MR) is 114 cm³/mol. The van der Waals surface area contributed by atoms with Gasteiger partial charge in [0.2, 0.25) is 0 Å². The van der Waals surface area contributed by atoms with E-state index in [0.717, 1.165) is 55.9 Å². The molecule has 1 aromatic rings. The Labute approximate surface area is 175 Å². The first kappa shape index (κ1) is 19.0. The number of amidine groups is 2. The molecule has 2 aliphatic heterocycles. The van der Waals surface area contributed by atoms with Crippen LogP contribution in [0.4, 0.5) is 5.69 Å². The van der Waals surface area contributed by atoms with Crippen molar-refractivity contribution >= 4 is 23.3 Å². The summed E-state index contributed by atoms with van der Waals surface area (Å²) in [5.41, 5.74) is 7.58. The van der Waals surface area contributed by atoms with E-state index in [1.54, 1.807) is 17.3 Å². The first-order valence-electron chi connectivity index (χ1n) is 10.7. The zero-order chi connectivity index (χ0) is 20.5. The lowest BCUT2D eigenvalue weighted by Gasteiger charge is -2.31. The van der Waals surface area contributed by atoms with Gasteiger partial charge in [0.15, 0.2) is 11.9 Å². The summed E-state index contributed by atoms with van der Waals surface area (Å²) >= 11 is 0. The number of hydrogen-bond acceptors (Lipinski definition) is 9. The molecule has 2 fully saturated rings. The van der Waals surface area contributed by atoms with Crippen molar-refractivity contribution in [3.8, 4) is 0 Å². The smallest absolute Gasteiger partial charge is 0.251 e. The third kappa shape index (κ3) is 4.13. The average Bonchev–Trinajstić information content (AvgIpc) is 3.46. The van der Waals surface area contributed by atoms with Gasteiger partial charge in [-0.05, 0) is 44.6 Å². The molecule has 5 rings (SSSR count). The second kappa shape index (κ2) is 8.02. The third-order valence-electron chi connectivity index (χ3n) is 5.88. The molecule has 1 atom stereocenters. The Kier molecular flexibility index (Phi) is 5.07. The Bertz CT molecular complexity index is 885. The lowest BCUT2D eigenvalue weighted by Crippen LogP contribution is -2.48. The van der Waals surface area contributed by atoms with Gasteiger partial charge in [0.05, 0.1) is 30.3 Å². The summed E-state index contributed by atoms with van der Waals surface area (Å²) < 4.78 is 0. The van der Waals surface area contributed by atoms with Crippen molar-refractivity contribution in [3.05, 3.63) is 30.2 Å². The second-order valence-electron chi connectivity index (χ2n) is 8.36. The molecule has 0 radical (unpaired) electrons. The van der Waals surface area contributed by atoms with Crippen LogP contribution in [0.15, 0.2) is 40.3 Å². The molecule has 4 aliphatic rings. The Hall–Kier alpha value is -3.01. The van der Waals surface area contributed by atoms with Crippen LogP contribution < -0.4 is 21.7 Å². The van der Waals surface area contributed by atoms with Crippen LogP contribution >= 0.6 is 0 Å². The Morgan fingerprint density at radius 3 is 2.57 bits per heavy atom. The van der Waals surface area contributed by atoms with Crippen LogP contribution in [0.2, 0.25) is 0 Å². The fraction of sp³-hybridized carbons (Fsp3) is 0.550. The van der Waals surface area contributed by atoms with Gasteiger partial charge in [-0.15, -0.1) is 0 Å². The monoisotopic (exact) mass is 409 g/mol. The highest BCUT2D eigenvalue weighted by Crippen LogP contribution is 2.26. The number of aromatic nitrogens is 2. The van der Waals surface area contributed by atoms with Crippen molar-refractivity contribution < 1.29 is 4.79 Å². The Morgan fingerprint density at radius 1 is 1.07 bits per heavy atom. The van der Waals surface area contributed by atoms with Crippen molar-refractivity contribution in [2.75, 3.05) is 11.9 Å². The minimum Gasteiger partial charge on any atom is -0.379 e. The molecule has 10 nitrogen and oxygen atoms in total. The molecule has 2 aliphatic carbocycles. The third-order valence-corrected chi connectivity index (χ3v) is 5.88. The number of fused-ring (bicyclic) bond motifs is 1. The standard InChI is InChI=1S/C20H27N9O/c21-12-1-3-14(4-2-12)26-18-9-16(25-13-5-6-13)19-22-11-17(29(19)28-18)20(30)27-15-7-8-23-24-10-15/h7-10,12-14,17,25H,1-6,11,21H2,(H,26,28)(H,23,27,30)/t12-,14-,17?. The van der Waals surface area contributed by atoms with Crippen LogP contribution in [-0.2, 0) is 4.79 Å². The van der Waals surface area contributed by atoms with Gasteiger partial charge in [-0.1, -0.05) is 0 Å². The molecule has 1 unspecified atom stereocenters. The maximum atomic E-state index is 12.9. The molecule has 1 amide bonds. The molecule has 0 spiro atoms. The van der Waals surface area contributed by atoms with Gasteiger partial charge < -0.3 is 21.7 Å². The normalized spacial score (nSPS) is 28.1. The van der Waals surface area contributed by atoms with E-state index in [0.29, 0.717) is 30.4 Å².